The third-order valence-electron chi connectivity index (χ3n) is 2.84. The first-order chi connectivity index (χ1) is 9.01. The van der Waals surface area contributed by atoms with Crippen LogP contribution in [0.15, 0.2) is 0 Å². The molecule has 0 bridgehead atoms. The average molecular weight is 268 g/mol. The summed E-state index contributed by atoms with van der Waals surface area (Å²) in [6.45, 7) is 7.75. The van der Waals surface area contributed by atoms with Gasteiger partial charge < -0.3 is 15.8 Å². The zero-order chi connectivity index (χ0) is 14.4. The number of carbonyl (C=O) groups excluding carboxylic acids is 1. The van der Waals surface area contributed by atoms with Gasteiger partial charge in [-0.2, -0.15) is 5.10 Å². The van der Waals surface area contributed by atoms with E-state index in [1.54, 1.807) is 4.68 Å². The molecule has 6 nitrogen and oxygen atoms in total. The molecule has 0 aromatic carbocycles. The lowest BCUT2D eigenvalue weighted by atomic mass is 10.1. The molecular weight excluding hydrogens is 244 g/mol. The molecule has 0 atom stereocenters. The van der Waals surface area contributed by atoms with Gasteiger partial charge in [0.1, 0.15) is 11.4 Å². The van der Waals surface area contributed by atoms with Gasteiger partial charge in [-0.15, -0.1) is 0 Å². The molecule has 0 aliphatic heterocycles. The Hall–Kier alpha value is -1.72. The number of nitrogens with one attached hydrogen (secondary N) is 1. The van der Waals surface area contributed by atoms with E-state index in [9.17, 15) is 4.79 Å². The van der Waals surface area contributed by atoms with Gasteiger partial charge >= 0.3 is 5.97 Å². The number of anilines is 2. The molecule has 0 aliphatic carbocycles. The number of rotatable bonds is 7. The predicted molar refractivity (Wildman–Crippen MR) is 76.2 cm³/mol. The summed E-state index contributed by atoms with van der Waals surface area (Å²) in [5.74, 6) is 0.977. The Kier molecular flexibility index (Phi) is 5.66. The quantitative estimate of drug-likeness (QED) is 0.740. The number of hydrogen-bond donors (Lipinski definition) is 2. The van der Waals surface area contributed by atoms with Crippen LogP contribution < -0.4 is 11.1 Å². The van der Waals surface area contributed by atoms with Gasteiger partial charge in [-0.3, -0.25) is 0 Å². The van der Waals surface area contributed by atoms with Gasteiger partial charge in [0, 0.05) is 13.1 Å². The number of aryl methyl sites for hydroxylation is 1. The van der Waals surface area contributed by atoms with Crippen LogP contribution in [0.3, 0.4) is 0 Å². The first-order valence-corrected chi connectivity index (χ1v) is 6.69. The fourth-order valence-corrected chi connectivity index (χ4v) is 1.70. The molecule has 0 radical (unpaired) electrons. The van der Waals surface area contributed by atoms with Gasteiger partial charge in [0.2, 0.25) is 0 Å². The smallest absolute Gasteiger partial charge is 0.345 e. The van der Waals surface area contributed by atoms with Crippen molar-refractivity contribution < 1.29 is 9.53 Å². The average Bonchev–Trinajstić information content (AvgIpc) is 2.69. The number of aromatic nitrogens is 2. The van der Waals surface area contributed by atoms with Crippen molar-refractivity contribution in [3.05, 3.63) is 5.56 Å². The summed E-state index contributed by atoms with van der Waals surface area (Å²) in [6, 6.07) is 0. The second-order valence-corrected chi connectivity index (χ2v) is 4.93. The molecule has 19 heavy (non-hydrogen) atoms. The lowest BCUT2D eigenvalue weighted by Gasteiger charge is -2.06. The van der Waals surface area contributed by atoms with Crippen LogP contribution >= 0.6 is 0 Å². The Balaban J connectivity index is 3.00. The van der Waals surface area contributed by atoms with E-state index >= 15 is 0 Å². The van der Waals surface area contributed by atoms with Crippen LogP contribution in [0.1, 0.15) is 44.0 Å². The molecule has 0 spiro atoms. The van der Waals surface area contributed by atoms with Gasteiger partial charge in [0.15, 0.2) is 5.82 Å². The third kappa shape index (κ3) is 3.87. The van der Waals surface area contributed by atoms with Crippen molar-refractivity contribution in [1.82, 2.24) is 9.78 Å². The molecule has 0 saturated heterocycles. The number of methoxy groups -OCH3 is 1. The standard InChI is InChI=1S/C13H24N4O2/c1-5-7-15-12-10(13(18)19-4)11(14)17(16-12)8-6-9(2)3/h9H,5-8,14H2,1-4H3,(H,15,16). The van der Waals surface area contributed by atoms with Crippen LogP contribution in [0.5, 0.6) is 0 Å². The zero-order valence-corrected chi connectivity index (χ0v) is 12.2. The van der Waals surface area contributed by atoms with E-state index in [2.05, 4.69) is 24.3 Å². The Morgan fingerprint density at radius 3 is 2.74 bits per heavy atom. The fourth-order valence-electron chi connectivity index (χ4n) is 1.70. The second kappa shape index (κ2) is 7.01. The summed E-state index contributed by atoms with van der Waals surface area (Å²) in [5.41, 5.74) is 6.33. The molecule has 0 aliphatic rings. The van der Waals surface area contributed by atoms with E-state index in [1.807, 2.05) is 6.92 Å². The van der Waals surface area contributed by atoms with Gasteiger partial charge in [0.05, 0.1) is 7.11 Å². The summed E-state index contributed by atoms with van der Waals surface area (Å²) in [5, 5.41) is 7.48. The molecule has 0 unspecified atom stereocenters. The zero-order valence-electron chi connectivity index (χ0n) is 12.2. The highest BCUT2D eigenvalue weighted by atomic mass is 16.5. The molecule has 0 fully saturated rings. The molecule has 0 saturated carbocycles. The third-order valence-corrected chi connectivity index (χ3v) is 2.84. The molecule has 3 N–H and O–H groups in total. The highest BCUT2D eigenvalue weighted by Crippen LogP contribution is 2.23. The van der Waals surface area contributed by atoms with Crippen molar-refractivity contribution in [2.75, 3.05) is 24.7 Å². The maximum Gasteiger partial charge on any atom is 0.345 e. The van der Waals surface area contributed by atoms with Gasteiger partial charge in [-0.1, -0.05) is 20.8 Å². The number of carbonyl (C=O) groups is 1. The summed E-state index contributed by atoms with van der Waals surface area (Å²) < 4.78 is 6.44. The highest BCUT2D eigenvalue weighted by Gasteiger charge is 2.22. The second-order valence-electron chi connectivity index (χ2n) is 4.93. The number of nitrogens with two attached hydrogens (primary N) is 1. The first kappa shape index (κ1) is 15.3. The number of nitrogens with zero attached hydrogens (tertiary/aromatic N) is 2. The van der Waals surface area contributed by atoms with Crippen LogP contribution in [-0.4, -0.2) is 29.4 Å². The monoisotopic (exact) mass is 268 g/mol. The van der Waals surface area contributed by atoms with E-state index in [0.29, 0.717) is 29.7 Å². The molecular formula is C13H24N4O2. The SMILES string of the molecule is CCCNc1nn(CCC(C)C)c(N)c1C(=O)OC. The lowest BCUT2D eigenvalue weighted by molar-refractivity contribution is 0.0603. The van der Waals surface area contributed by atoms with Gasteiger partial charge in [-0.05, 0) is 18.8 Å². The van der Waals surface area contributed by atoms with Crippen molar-refractivity contribution >= 4 is 17.6 Å². The van der Waals surface area contributed by atoms with Crippen LogP contribution in [0.25, 0.3) is 0 Å². The van der Waals surface area contributed by atoms with Crippen LogP contribution in [0.4, 0.5) is 11.6 Å². The summed E-state index contributed by atoms with van der Waals surface area (Å²) in [4.78, 5) is 11.8. The predicted octanol–water partition coefficient (Wildman–Crippen LogP) is 2.12. The molecule has 6 heteroatoms. The van der Waals surface area contributed by atoms with Gasteiger partial charge in [-0.25, -0.2) is 9.48 Å². The first-order valence-electron chi connectivity index (χ1n) is 6.69. The van der Waals surface area contributed by atoms with E-state index in [4.69, 9.17) is 10.5 Å². The van der Waals surface area contributed by atoms with Crippen molar-refractivity contribution in [1.29, 1.82) is 0 Å². The maximum atomic E-state index is 11.8. The Morgan fingerprint density at radius 1 is 1.53 bits per heavy atom. The summed E-state index contributed by atoms with van der Waals surface area (Å²) in [6.07, 6.45) is 1.90. The molecule has 1 rings (SSSR count). The maximum absolute atomic E-state index is 11.8. The van der Waals surface area contributed by atoms with Gasteiger partial charge in [0.25, 0.3) is 0 Å². The molecule has 1 heterocycles. The topological polar surface area (TPSA) is 82.2 Å². The molecule has 1 aromatic heterocycles. The summed E-state index contributed by atoms with van der Waals surface area (Å²) in [7, 11) is 1.34. The van der Waals surface area contributed by atoms with Crippen molar-refractivity contribution in [3.8, 4) is 0 Å². The van der Waals surface area contributed by atoms with Crippen molar-refractivity contribution in [3.63, 3.8) is 0 Å². The largest absolute Gasteiger partial charge is 0.465 e. The fraction of sp³-hybridized carbons (Fsp3) is 0.692. The number of ether oxygens (including phenoxy) is 1. The number of nitrogen functional groups attached to an aromatic ring is 1. The van der Waals surface area contributed by atoms with Crippen LogP contribution in [0.2, 0.25) is 0 Å². The van der Waals surface area contributed by atoms with E-state index in [1.165, 1.54) is 7.11 Å². The Labute approximate surface area is 114 Å². The Morgan fingerprint density at radius 2 is 2.21 bits per heavy atom. The molecule has 0 amide bonds. The summed E-state index contributed by atoms with van der Waals surface area (Å²) >= 11 is 0. The number of hydrogen-bond acceptors (Lipinski definition) is 5. The Bertz CT molecular complexity index is 427. The number of esters is 1. The van der Waals surface area contributed by atoms with Crippen LogP contribution in [-0.2, 0) is 11.3 Å². The molecule has 1 aromatic rings. The van der Waals surface area contributed by atoms with E-state index < -0.39 is 5.97 Å². The van der Waals surface area contributed by atoms with Crippen LogP contribution in [0, 0.1) is 5.92 Å². The molecule has 108 valence electrons. The van der Waals surface area contributed by atoms with E-state index in [0.717, 1.165) is 19.4 Å². The van der Waals surface area contributed by atoms with Crippen molar-refractivity contribution in [2.45, 2.75) is 40.2 Å². The normalized spacial score (nSPS) is 10.8. The lowest BCUT2D eigenvalue weighted by Crippen LogP contribution is -2.10. The minimum absolute atomic E-state index is 0.333. The highest BCUT2D eigenvalue weighted by molar-refractivity contribution is 5.99. The van der Waals surface area contributed by atoms with Crippen molar-refractivity contribution in [2.24, 2.45) is 5.92 Å². The minimum atomic E-state index is -0.452. The van der Waals surface area contributed by atoms with E-state index in [-0.39, 0.29) is 0 Å². The minimum Gasteiger partial charge on any atom is -0.465 e.